The molecule has 0 unspecified atom stereocenters. The third-order valence-corrected chi connectivity index (χ3v) is 5.27. The topological polar surface area (TPSA) is 131 Å². The SMILES string of the molecule is CN1C(=O)/C(=N\N(C(N)=S)c2ccccc2S(N)(=O)=O)c2cc(OC(F)(F)F)ccc21. The minimum atomic E-state index is -4.95. The molecule has 0 radical (unpaired) electrons. The predicted molar refractivity (Wildman–Crippen MR) is 110 cm³/mol. The lowest BCUT2D eigenvalue weighted by atomic mass is 10.1. The Morgan fingerprint density at radius 3 is 2.45 bits per heavy atom. The highest BCUT2D eigenvalue weighted by Gasteiger charge is 2.36. The van der Waals surface area contributed by atoms with Gasteiger partial charge < -0.3 is 15.4 Å². The van der Waals surface area contributed by atoms with E-state index in [9.17, 15) is 26.4 Å². The van der Waals surface area contributed by atoms with E-state index in [1.54, 1.807) is 0 Å². The number of hydrogen-bond donors (Lipinski definition) is 2. The van der Waals surface area contributed by atoms with Crippen LogP contribution < -0.4 is 25.5 Å². The zero-order valence-electron chi connectivity index (χ0n) is 15.6. The molecular formula is C17H14F3N5O4S2. The van der Waals surface area contributed by atoms with Crippen molar-refractivity contribution in [3.8, 4) is 5.75 Å². The second-order valence-electron chi connectivity index (χ2n) is 6.20. The van der Waals surface area contributed by atoms with Gasteiger partial charge >= 0.3 is 6.36 Å². The second kappa shape index (κ2) is 7.79. The normalized spacial score (nSPS) is 15.2. The van der Waals surface area contributed by atoms with Gasteiger partial charge in [-0.2, -0.15) is 5.10 Å². The summed E-state index contributed by atoms with van der Waals surface area (Å²) in [5.74, 6) is -1.26. The summed E-state index contributed by atoms with van der Waals surface area (Å²) in [7, 11) is -2.84. The van der Waals surface area contributed by atoms with Crippen LogP contribution in [0.3, 0.4) is 0 Å². The number of halogens is 3. The number of alkyl halides is 3. The number of carbonyl (C=O) groups excluding carboxylic acids is 1. The van der Waals surface area contributed by atoms with Crippen molar-refractivity contribution < 1.29 is 31.1 Å². The number of likely N-dealkylation sites (N-methyl/N-ethyl adjacent to an activating group) is 1. The second-order valence-corrected chi connectivity index (χ2v) is 8.15. The summed E-state index contributed by atoms with van der Waals surface area (Å²) in [5.41, 5.74) is 5.47. The lowest BCUT2D eigenvalue weighted by Crippen LogP contribution is -2.35. The van der Waals surface area contributed by atoms with Gasteiger partial charge in [-0.05, 0) is 42.5 Å². The molecule has 9 nitrogen and oxygen atoms in total. The van der Waals surface area contributed by atoms with E-state index in [0.717, 1.165) is 22.0 Å². The molecule has 1 aliphatic heterocycles. The van der Waals surface area contributed by atoms with Crippen LogP contribution >= 0.6 is 12.2 Å². The molecule has 2 aromatic rings. The van der Waals surface area contributed by atoms with E-state index in [0.29, 0.717) is 0 Å². The molecule has 14 heteroatoms. The Balaban J connectivity index is 2.18. The number of primary sulfonamides is 1. The smallest absolute Gasteiger partial charge is 0.406 e. The maximum atomic E-state index is 12.7. The van der Waals surface area contributed by atoms with Crippen LogP contribution in [0.1, 0.15) is 5.56 Å². The number of hydrazone groups is 1. The Hall–Kier alpha value is -3.23. The summed E-state index contributed by atoms with van der Waals surface area (Å²) < 4.78 is 65.6. The number of para-hydroxylation sites is 1. The van der Waals surface area contributed by atoms with Crippen LogP contribution in [-0.2, 0) is 14.8 Å². The van der Waals surface area contributed by atoms with Crippen LogP contribution in [-0.4, -0.2) is 38.6 Å². The third kappa shape index (κ3) is 4.60. The van der Waals surface area contributed by atoms with Crippen molar-refractivity contribution in [1.82, 2.24) is 0 Å². The number of ether oxygens (including phenoxy) is 1. The molecule has 164 valence electrons. The molecule has 0 aromatic heterocycles. The van der Waals surface area contributed by atoms with Crippen molar-refractivity contribution in [3.05, 3.63) is 48.0 Å². The summed E-state index contributed by atoms with van der Waals surface area (Å²) in [4.78, 5) is 13.5. The number of benzene rings is 2. The number of hydrogen-bond acceptors (Lipinski definition) is 6. The number of nitrogens with zero attached hydrogens (tertiary/aromatic N) is 3. The van der Waals surface area contributed by atoms with E-state index >= 15 is 0 Å². The molecular weight excluding hydrogens is 459 g/mol. The molecule has 3 rings (SSSR count). The molecule has 0 aliphatic carbocycles. The van der Waals surface area contributed by atoms with E-state index in [1.165, 1.54) is 37.4 Å². The van der Waals surface area contributed by atoms with Crippen LogP contribution in [0.4, 0.5) is 24.5 Å². The Morgan fingerprint density at radius 2 is 1.87 bits per heavy atom. The summed E-state index contributed by atoms with van der Waals surface area (Å²) in [6, 6.07) is 8.62. The van der Waals surface area contributed by atoms with Crippen molar-refractivity contribution >= 4 is 50.3 Å². The predicted octanol–water partition coefficient (Wildman–Crippen LogP) is 1.66. The van der Waals surface area contributed by atoms with Gasteiger partial charge in [0.15, 0.2) is 10.8 Å². The Morgan fingerprint density at radius 1 is 1.23 bits per heavy atom. The summed E-state index contributed by atoms with van der Waals surface area (Å²) in [6.07, 6.45) is -4.95. The van der Waals surface area contributed by atoms with Crippen LogP contribution in [0.15, 0.2) is 52.5 Å². The molecule has 0 atom stereocenters. The van der Waals surface area contributed by atoms with Crippen molar-refractivity contribution in [1.29, 1.82) is 0 Å². The molecule has 2 aromatic carbocycles. The van der Waals surface area contributed by atoms with Crippen LogP contribution in [0, 0.1) is 0 Å². The third-order valence-electron chi connectivity index (χ3n) is 4.13. The van der Waals surface area contributed by atoms with E-state index in [-0.39, 0.29) is 27.5 Å². The Bertz CT molecular complexity index is 1210. The molecule has 0 fully saturated rings. The molecule has 4 N–H and O–H groups in total. The molecule has 0 saturated carbocycles. The molecule has 0 saturated heterocycles. The number of nitrogens with two attached hydrogens (primary N) is 2. The van der Waals surface area contributed by atoms with Crippen LogP contribution in [0.25, 0.3) is 0 Å². The molecule has 31 heavy (non-hydrogen) atoms. The monoisotopic (exact) mass is 473 g/mol. The lowest BCUT2D eigenvalue weighted by molar-refractivity contribution is -0.274. The van der Waals surface area contributed by atoms with E-state index in [4.69, 9.17) is 23.1 Å². The highest BCUT2D eigenvalue weighted by atomic mass is 32.2. The summed E-state index contributed by atoms with van der Waals surface area (Å²) >= 11 is 4.94. The van der Waals surface area contributed by atoms with Gasteiger partial charge in [0.05, 0.1) is 11.4 Å². The highest BCUT2D eigenvalue weighted by Crippen LogP contribution is 2.34. The standard InChI is InChI=1S/C17H14F3N5O4S2/c1-24-11-7-6-9(29-17(18,19)20)8-10(11)14(15(24)26)23-25(16(21)30)12-4-2-3-5-13(12)31(22,27)28/h2-8H,1H3,(H2,21,30)(H2,22,27,28)/b23-14-. The zero-order valence-corrected chi connectivity index (χ0v) is 17.3. The number of sulfonamides is 1. The first-order valence-corrected chi connectivity index (χ1v) is 10.2. The van der Waals surface area contributed by atoms with Crippen molar-refractivity contribution in [2.45, 2.75) is 11.3 Å². The number of carbonyl (C=O) groups is 1. The van der Waals surface area contributed by atoms with E-state index in [1.807, 2.05) is 0 Å². The number of anilines is 2. The van der Waals surface area contributed by atoms with Gasteiger partial charge in [-0.3, -0.25) is 4.79 Å². The van der Waals surface area contributed by atoms with Gasteiger partial charge in [-0.25, -0.2) is 18.6 Å². The van der Waals surface area contributed by atoms with Gasteiger partial charge in [0.1, 0.15) is 10.6 Å². The maximum absolute atomic E-state index is 12.7. The molecule has 0 bridgehead atoms. The fraction of sp³-hybridized carbons (Fsp3) is 0.118. The molecule has 1 aliphatic rings. The Kier molecular flexibility index (Phi) is 5.64. The quantitative estimate of drug-likeness (QED) is 0.510. The highest BCUT2D eigenvalue weighted by molar-refractivity contribution is 7.89. The van der Waals surface area contributed by atoms with Crippen molar-refractivity contribution in [3.63, 3.8) is 0 Å². The first-order chi connectivity index (χ1) is 14.3. The fourth-order valence-electron chi connectivity index (χ4n) is 2.87. The Labute approximate surface area is 179 Å². The number of fused-ring (bicyclic) bond motifs is 1. The summed E-state index contributed by atoms with van der Waals surface area (Å²) in [5, 5.41) is 9.65. The zero-order chi connectivity index (χ0) is 23.1. The van der Waals surface area contributed by atoms with E-state index in [2.05, 4.69) is 9.84 Å². The van der Waals surface area contributed by atoms with Gasteiger partial charge in [-0.15, -0.1) is 13.2 Å². The first-order valence-electron chi connectivity index (χ1n) is 8.28. The first kappa shape index (κ1) is 22.5. The number of rotatable bonds is 4. The van der Waals surface area contributed by atoms with Gasteiger partial charge in [-0.1, -0.05) is 12.1 Å². The van der Waals surface area contributed by atoms with E-state index < -0.39 is 33.2 Å². The lowest BCUT2D eigenvalue weighted by Gasteiger charge is -2.20. The van der Waals surface area contributed by atoms with Gasteiger partial charge in [0.2, 0.25) is 10.0 Å². The van der Waals surface area contributed by atoms with Crippen molar-refractivity contribution in [2.24, 2.45) is 16.0 Å². The average molecular weight is 473 g/mol. The maximum Gasteiger partial charge on any atom is 0.573 e. The van der Waals surface area contributed by atoms with Crippen LogP contribution in [0.2, 0.25) is 0 Å². The van der Waals surface area contributed by atoms with Gasteiger partial charge in [0.25, 0.3) is 5.91 Å². The number of amides is 1. The minimum Gasteiger partial charge on any atom is -0.406 e. The summed E-state index contributed by atoms with van der Waals surface area (Å²) in [6.45, 7) is 0. The largest absolute Gasteiger partial charge is 0.573 e. The fourth-order valence-corrected chi connectivity index (χ4v) is 3.72. The molecule has 1 amide bonds. The minimum absolute atomic E-state index is 0.00332. The van der Waals surface area contributed by atoms with Gasteiger partial charge in [0, 0.05) is 12.6 Å². The average Bonchev–Trinajstić information content (AvgIpc) is 2.87. The van der Waals surface area contributed by atoms with Crippen molar-refractivity contribution in [2.75, 3.05) is 17.0 Å². The molecule has 1 heterocycles. The van der Waals surface area contributed by atoms with Crippen LogP contribution in [0.5, 0.6) is 5.75 Å². The number of thiocarbonyl (C=S) groups is 1. The molecule has 0 spiro atoms.